The van der Waals surface area contributed by atoms with Gasteiger partial charge in [-0.05, 0) is 40.0 Å². The average Bonchev–Trinajstić information content (AvgIpc) is 3.29. The lowest BCUT2D eigenvalue weighted by atomic mass is 9.74. The van der Waals surface area contributed by atoms with Gasteiger partial charge < -0.3 is 19.3 Å². The fourth-order valence-corrected chi connectivity index (χ4v) is 4.78. The molecule has 6 unspecified atom stereocenters. The molecule has 0 radical (unpaired) electrons. The molecule has 5 nitrogen and oxygen atoms in total. The average molecular weight is 406 g/mol. The van der Waals surface area contributed by atoms with Crippen LogP contribution in [0.1, 0.15) is 59.3 Å². The molecule has 2 heterocycles. The third-order valence-electron chi connectivity index (χ3n) is 6.67. The summed E-state index contributed by atoms with van der Waals surface area (Å²) < 4.78 is 57.1. The molecule has 160 valence electrons. The number of carbonyl (C=O) groups is 1. The summed E-state index contributed by atoms with van der Waals surface area (Å²) in [5.74, 6) is -0.536. The predicted molar refractivity (Wildman–Crippen MR) is 94.5 cm³/mol. The Morgan fingerprint density at radius 3 is 2.32 bits per heavy atom. The Hall–Kier alpha value is -1.12. The first kappa shape index (κ1) is 21.6. The number of hydrogen-bond acceptors (Lipinski definition) is 5. The smallest absolute Gasteiger partial charge is 0.419 e. The Morgan fingerprint density at radius 2 is 1.86 bits per heavy atom. The minimum atomic E-state index is -4.78. The van der Waals surface area contributed by atoms with E-state index in [1.165, 1.54) is 6.92 Å². The molecule has 3 rings (SSSR count). The molecule has 0 spiro atoms. The van der Waals surface area contributed by atoms with E-state index < -0.39 is 29.5 Å². The van der Waals surface area contributed by atoms with Crippen LogP contribution < -0.4 is 0 Å². The topological polar surface area (TPSA) is 65.0 Å². The van der Waals surface area contributed by atoms with Crippen molar-refractivity contribution in [2.24, 2.45) is 5.92 Å². The van der Waals surface area contributed by atoms with Crippen LogP contribution in [0.25, 0.3) is 0 Å². The van der Waals surface area contributed by atoms with Crippen LogP contribution in [0, 0.1) is 5.92 Å². The Kier molecular flexibility index (Phi) is 5.62. The van der Waals surface area contributed by atoms with Gasteiger partial charge in [-0.1, -0.05) is 19.4 Å². The molecule has 2 saturated heterocycles. The zero-order valence-electron chi connectivity index (χ0n) is 16.6. The Labute approximate surface area is 163 Å². The van der Waals surface area contributed by atoms with Gasteiger partial charge in [-0.3, -0.25) is 0 Å². The minimum absolute atomic E-state index is 0.0775. The van der Waals surface area contributed by atoms with Gasteiger partial charge in [0.05, 0.1) is 23.9 Å². The highest BCUT2D eigenvalue weighted by molar-refractivity contribution is 5.87. The summed E-state index contributed by atoms with van der Waals surface area (Å²) in [4.78, 5) is 11.8. The number of halogens is 3. The Bertz CT molecular complexity index is 624. The van der Waals surface area contributed by atoms with Gasteiger partial charge in [0.25, 0.3) is 0 Å². The second-order valence-electron chi connectivity index (χ2n) is 8.69. The Morgan fingerprint density at radius 1 is 1.25 bits per heavy atom. The Balaban J connectivity index is 1.71. The quantitative estimate of drug-likeness (QED) is 0.539. The van der Waals surface area contributed by atoms with Gasteiger partial charge in [-0.25, -0.2) is 4.79 Å². The summed E-state index contributed by atoms with van der Waals surface area (Å²) in [5.41, 5.74) is -3.36. The van der Waals surface area contributed by atoms with Crippen LogP contribution in [0.5, 0.6) is 0 Å². The molecule has 0 amide bonds. The maximum absolute atomic E-state index is 13.2. The lowest BCUT2D eigenvalue weighted by Crippen LogP contribution is -2.56. The number of rotatable bonds is 6. The molecular formula is C20H29F3O5. The van der Waals surface area contributed by atoms with Crippen LogP contribution in [-0.4, -0.2) is 52.9 Å². The summed E-state index contributed by atoms with van der Waals surface area (Å²) in [6.45, 7) is 7.18. The van der Waals surface area contributed by atoms with Crippen molar-refractivity contribution in [3.63, 3.8) is 0 Å². The highest BCUT2D eigenvalue weighted by atomic mass is 19.4. The van der Waals surface area contributed by atoms with E-state index in [0.717, 1.165) is 19.8 Å². The molecule has 1 aliphatic carbocycles. The lowest BCUT2D eigenvalue weighted by Gasteiger charge is -2.44. The molecule has 2 aliphatic heterocycles. The fourth-order valence-electron chi connectivity index (χ4n) is 4.78. The van der Waals surface area contributed by atoms with Crippen LogP contribution in [0.3, 0.4) is 0 Å². The molecule has 28 heavy (non-hydrogen) atoms. The van der Waals surface area contributed by atoms with E-state index in [1.807, 2.05) is 0 Å². The molecule has 1 N–H and O–H groups in total. The molecule has 2 bridgehead atoms. The molecule has 3 aliphatic rings. The van der Waals surface area contributed by atoms with E-state index in [1.54, 1.807) is 6.92 Å². The molecule has 0 aromatic carbocycles. The molecule has 8 heteroatoms. The van der Waals surface area contributed by atoms with E-state index in [-0.39, 0.29) is 24.2 Å². The highest BCUT2D eigenvalue weighted by Crippen LogP contribution is 2.53. The lowest BCUT2D eigenvalue weighted by molar-refractivity contribution is -0.303. The number of alkyl halides is 3. The van der Waals surface area contributed by atoms with Crippen molar-refractivity contribution in [2.45, 2.75) is 101 Å². The van der Waals surface area contributed by atoms with Crippen molar-refractivity contribution in [1.29, 1.82) is 0 Å². The minimum Gasteiger partial charge on any atom is -0.456 e. The van der Waals surface area contributed by atoms with Crippen molar-refractivity contribution in [3.05, 3.63) is 12.2 Å². The van der Waals surface area contributed by atoms with Crippen molar-refractivity contribution in [3.8, 4) is 0 Å². The van der Waals surface area contributed by atoms with Crippen LogP contribution in [-0.2, 0) is 19.0 Å². The van der Waals surface area contributed by atoms with Crippen LogP contribution in [0.2, 0.25) is 0 Å². The van der Waals surface area contributed by atoms with Gasteiger partial charge in [0.2, 0.25) is 0 Å². The maximum Gasteiger partial charge on any atom is 0.419 e. The van der Waals surface area contributed by atoms with Crippen LogP contribution in [0.4, 0.5) is 13.2 Å². The maximum atomic E-state index is 13.2. The number of fused-ring (bicyclic) bond motifs is 2. The standard InChI is InChI=1S/C20H29F3O5/c1-11(2)17(24)27-16-10-14-13(9-15(16)26-14)19(7-5-6-8-19)28-12(3)18(4,25)20(21,22)23/h12-16,25H,1,5-10H2,2-4H3. The molecule has 0 aromatic rings. The second kappa shape index (κ2) is 7.29. The normalized spacial score (nSPS) is 34.8. The largest absolute Gasteiger partial charge is 0.456 e. The highest BCUT2D eigenvalue weighted by Gasteiger charge is 2.61. The third-order valence-corrected chi connectivity index (χ3v) is 6.67. The van der Waals surface area contributed by atoms with Crippen molar-refractivity contribution in [1.82, 2.24) is 0 Å². The number of hydrogen-bond donors (Lipinski definition) is 1. The van der Waals surface area contributed by atoms with E-state index in [4.69, 9.17) is 14.2 Å². The van der Waals surface area contributed by atoms with Crippen LogP contribution >= 0.6 is 0 Å². The predicted octanol–water partition coefficient (Wildman–Crippen LogP) is 3.68. The summed E-state index contributed by atoms with van der Waals surface area (Å²) in [5, 5.41) is 10.0. The molecule has 1 saturated carbocycles. The monoisotopic (exact) mass is 406 g/mol. The SMILES string of the molecule is C=C(C)C(=O)OC1CC2OC1CC2C1(OC(C)C(C)(O)C(F)(F)F)CCCC1. The van der Waals surface area contributed by atoms with Crippen molar-refractivity contribution in [2.75, 3.05) is 0 Å². The van der Waals surface area contributed by atoms with Crippen molar-refractivity contribution < 1.29 is 37.3 Å². The molecule has 0 aromatic heterocycles. The van der Waals surface area contributed by atoms with Crippen LogP contribution in [0.15, 0.2) is 12.2 Å². The van der Waals surface area contributed by atoms with Gasteiger partial charge in [0, 0.05) is 17.9 Å². The summed E-state index contributed by atoms with van der Waals surface area (Å²) in [7, 11) is 0. The van der Waals surface area contributed by atoms with E-state index in [2.05, 4.69) is 6.58 Å². The second-order valence-corrected chi connectivity index (χ2v) is 8.69. The first-order valence-corrected chi connectivity index (χ1v) is 9.86. The fraction of sp³-hybridized carbons (Fsp3) is 0.850. The van der Waals surface area contributed by atoms with E-state index in [0.29, 0.717) is 31.3 Å². The first-order chi connectivity index (χ1) is 12.9. The number of carbonyl (C=O) groups excluding carboxylic acids is 1. The van der Waals surface area contributed by atoms with Gasteiger partial charge in [-0.15, -0.1) is 0 Å². The first-order valence-electron chi connectivity index (χ1n) is 9.86. The zero-order chi connectivity index (χ0) is 20.9. The number of aliphatic hydroxyl groups is 1. The van der Waals surface area contributed by atoms with Gasteiger partial charge >= 0.3 is 12.1 Å². The number of ether oxygens (including phenoxy) is 3. The number of esters is 1. The van der Waals surface area contributed by atoms with Gasteiger partial charge in [-0.2, -0.15) is 13.2 Å². The molecule has 3 fully saturated rings. The zero-order valence-corrected chi connectivity index (χ0v) is 16.6. The summed E-state index contributed by atoms with van der Waals surface area (Å²) in [6, 6.07) is 0. The van der Waals surface area contributed by atoms with Crippen molar-refractivity contribution >= 4 is 5.97 Å². The summed E-state index contributed by atoms with van der Waals surface area (Å²) >= 11 is 0. The van der Waals surface area contributed by atoms with E-state index in [9.17, 15) is 23.1 Å². The van der Waals surface area contributed by atoms with E-state index >= 15 is 0 Å². The molecule has 6 atom stereocenters. The summed E-state index contributed by atoms with van der Waals surface area (Å²) in [6.07, 6.45) is -2.97. The van der Waals surface area contributed by atoms with Gasteiger partial charge in [0.1, 0.15) is 6.10 Å². The van der Waals surface area contributed by atoms with Gasteiger partial charge in [0.15, 0.2) is 5.60 Å². The molecular weight excluding hydrogens is 377 g/mol. The third kappa shape index (κ3) is 3.71.